The summed E-state index contributed by atoms with van der Waals surface area (Å²) in [6, 6.07) is 17.4. The zero-order valence-corrected chi connectivity index (χ0v) is 13.0. The van der Waals surface area contributed by atoms with E-state index in [1.807, 2.05) is 42.5 Å². The molecule has 1 N–H and O–H groups in total. The molecule has 0 radical (unpaired) electrons. The number of rotatable bonds is 9. The molecule has 2 nitrogen and oxygen atoms in total. The van der Waals surface area contributed by atoms with E-state index in [0.717, 1.165) is 36.8 Å². The molecule has 0 bridgehead atoms. The van der Waals surface area contributed by atoms with Gasteiger partial charge in [-0.1, -0.05) is 73.9 Å². The van der Waals surface area contributed by atoms with Gasteiger partial charge in [-0.3, -0.25) is 4.79 Å². The van der Waals surface area contributed by atoms with E-state index in [0.29, 0.717) is 6.61 Å². The van der Waals surface area contributed by atoms with Crippen molar-refractivity contribution >= 4 is 5.78 Å². The Bertz CT molecular complexity index is 558. The lowest BCUT2D eigenvalue weighted by Crippen LogP contribution is -2.01. The van der Waals surface area contributed by atoms with Crippen LogP contribution in [0.2, 0.25) is 0 Å². The molecule has 2 aromatic rings. The standard InChI is InChI=1S/C20H24O2/c21-16-8-3-1-2-5-9-17-12-14-19(15-13-17)20(22)18-10-6-4-7-11-18/h4,6-7,10-15,21H,1-3,5,8-9,16H2. The van der Waals surface area contributed by atoms with Crippen LogP contribution in [-0.2, 0) is 6.42 Å². The van der Waals surface area contributed by atoms with E-state index in [1.165, 1.54) is 18.4 Å². The number of benzene rings is 2. The molecular weight excluding hydrogens is 272 g/mol. The fourth-order valence-corrected chi connectivity index (χ4v) is 2.55. The second-order valence-electron chi connectivity index (χ2n) is 5.63. The zero-order valence-electron chi connectivity index (χ0n) is 13.0. The molecule has 0 aromatic heterocycles. The van der Waals surface area contributed by atoms with Crippen LogP contribution in [0.5, 0.6) is 0 Å². The third kappa shape index (κ3) is 5.12. The Morgan fingerprint density at radius 2 is 1.32 bits per heavy atom. The van der Waals surface area contributed by atoms with Gasteiger partial charge >= 0.3 is 0 Å². The first-order chi connectivity index (χ1) is 10.8. The quantitative estimate of drug-likeness (QED) is 0.550. The van der Waals surface area contributed by atoms with Crippen molar-refractivity contribution in [1.82, 2.24) is 0 Å². The Hall–Kier alpha value is -1.93. The third-order valence-corrected chi connectivity index (χ3v) is 3.88. The minimum Gasteiger partial charge on any atom is -0.396 e. The van der Waals surface area contributed by atoms with Gasteiger partial charge < -0.3 is 5.11 Å². The van der Waals surface area contributed by atoms with E-state index in [1.54, 1.807) is 0 Å². The largest absolute Gasteiger partial charge is 0.396 e. The lowest BCUT2D eigenvalue weighted by molar-refractivity contribution is 0.103. The van der Waals surface area contributed by atoms with E-state index in [9.17, 15) is 4.79 Å². The third-order valence-electron chi connectivity index (χ3n) is 3.88. The summed E-state index contributed by atoms with van der Waals surface area (Å²) < 4.78 is 0. The van der Waals surface area contributed by atoms with Gasteiger partial charge in [-0.25, -0.2) is 0 Å². The number of ketones is 1. The van der Waals surface area contributed by atoms with Crippen molar-refractivity contribution in [3.8, 4) is 0 Å². The second kappa shape index (κ2) is 9.16. The molecule has 0 spiro atoms. The summed E-state index contributed by atoms with van der Waals surface area (Å²) in [7, 11) is 0. The van der Waals surface area contributed by atoms with Gasteiger partial charge in [0.1, 0.15) is 0 Å². The molecule has 0 heterocycles. The summed E-state index contributed by atoms with van der Waals surface area (Å²) >= 11 is 0. The number of carbonyl (C=O) groups excluding carboxylic acids is 1. The van der Waals surface area contributed by atoms with Crippen LogP contribution in [0.25, 0.3) is 0 Å². The maximum absolute atomic E-state index is 12.3. The highest BCUT2D eigenvalue weighted by Gasteiger charge is 2.07. The lowest BCUT2D eigenvalue weighted by atomic mass is 10.00. The highest BCUT2D eigenvalue weighted by molar-refractivity contribution is 6.08. The molecule has 0 aliphatic heterocycles. The van der Waals surface area contributed by atoms with E-state index < -0.39 is 0 Å². The van der Waals surface area contributed by atoms with Crippen LogP contribution in [0.4, 0.5) is 0 Å². The molecule has 0 saturated heterocycles. The number of hydrogen-bond donors (Lipinski definition) is 1. The van der Waals surface area contributed by atoms with Crippen LogP contribution >= 0.6 is 0 Å². The summed E-state index contributed by atoms with van der Waals surface area (Å²) in [4.78, 5) is 12.3. The summed E-state index contributed by atoms with van der Waals surface area (Å²) in [6.07, 6.45) is 6.63. The van der Waals surface area contributed by atoms with Crippen LogP contribution in [0.3, 0.4) is 0 Å². The molecule has 0 aliphatic rings. The Morgan fingerprint density at radius 1 is 0.727 bits per heavy atom. The molecule has 0 fully saturated rings. The van der Waals surface area contributed by atoms with Gasteiger partial charge in [0.25, 0.3) is 0 Å². The average molecular weight is 296 g/mol. The van der Waals surface area contributed by atoms with Gasteiger partial charge in [-0.05, 0) is 24.8 Å². The van der Waals surface area contributed by atoms with Crippen molar-refractivity contribution in [2.24, 2.45) is 0 Å². The Morgan fingerprint density at radius 3 is 2.00 bits per heavy atom. The molecule has 0 amide bonds. The predicted octanol–water partition coefficient (Wildman–Crippen LogP) is 4.40. The highest BCUT2D eigenvalue weighted by atomic mass is 16.2. The van der Waals surface area contributed by atoms with Gasteiger partial charge in [0.15, 0.2) is 5.78 Å². The van der Waals surface area contributed by atoms with E-state index >= 15 is 0 Å². The van der Waals surface area contributed by atoms with Crippen molar-refractivity contribution in [3.05, 3.63) is 71.3 Å². The monoisotopic (exact) mass is 296 g/mol. The number of carbonyl (C=O) groups is 1. The topological polar surface area (TPSA) is 37.3 Å². The van der Waals surface area contributed by atoms with Crippen LogP contribution in [-0.4, -0.2) is 17.5 Å². The van der Waals surface area contributed by atoms with Gasteiger partial charge in [0.2, 0.25) is 0 Å². The maximum atomic E-state index is 12.3. The summed E-state index contributed by atoms with van der Waals surface area (Å²) in [5.41, 5.74) is 2.77. The number of aliphatic hydroxyl groups excluding tert-OH is 1. The fourth-order valence-electron chi connectivity index (χ4n) is 2.55. The van der Waals surface area contributed by atoms with Crippen molar-refractivity contribution in [2.75, 3.05) is 6.61 Å². The SMILES string of the molecule is O=C(c1ccccc1)c1ccc(CCCCCCCO)cc1. The maximum Gasteiger partial charge on any atom is 0.193 e. The summed E-state index contributed by atoms with van der Waals surface area (Å²) in [5.74, 6) is 0.0798. The Kier molecular flexibility index (Phi) is 6.85. The van der Waals surface area contributed by atoms with E-state index in [4.69, 9.17) is 5.11 Å². The number of aliphatic hydroxyl groups is 1. The smallest absolute Gasteiger partial charge is 0.193 e. The van der Waals surface area contributed by atoms with E-state index in [2.05, 4.69) is 12.1 Å². The van der Waals surface area contributed by atoms with Crippen LogP contribution in [0.15, 0.2) is 54.6 Å². The first-order valence-electron chi connectivity index (χ1n) is 8.11. The Balaban J connectivity index is 1.82. The van der Waals surface area contributed by atoms with Crippen molar-refractivity contribution in [2.45, 2.75) is 38.5 Å². The molecule has 0 unspecified atom stereocenters. The van der Waals surface area contributed by atoms with Crippen LogP contribution in [0, 0.1) is 0 Å². The fraction of sp³-hybridized carbons (Fsp3) is 0.350. The molecular formula is C20H24O2. The first kappa shape index (κ1) is 16.4. The normalized spacial score (nSPS) is 10.6. The second-order valence-corrected chi connectivity index (χ2v) is 5.63. The average Bonchev–Trinajstić information content (AvgIpc) is 2.59. The number of aryl methyl sites for hydroxylation is 1. The number of unbranched alkanes of at least 4 members (excludes halogenated alkanes) is 4. The summed E-state index contributed by atoms with van der Waals surface area (Å²) in [5, 5.41) is 8.73. The van der Waals surface area contributed by atoms with Crippen molar-refractivity contribution in [3.63, 3.8) is 0 Å². The minimum atomic E-state index is 0.0798. The molecule has 0 aliphatic carbocycles. The highest BCUT2D eigenvalue weighted by Crippen LogP contribution is 2.13. The van der Waals surface area contributed by atoms with Crippen LogP contribution in [0.1, 0.15) is 53.6 Å². The lowest BCUT2D eigenvalue weighted by Gasteiger charge is -2.04. The zero-order chi connectivity index (χ0) is 15.6. The molecule has 0 saturated carbocycles. The van der Waals surface area contributed by atoms with Gasteiger partial charge in [-0.2, -0.15) is 0 Å². The van der Waals surface area contributed by atoms with E-state index in [-0.39, 0.29) is 5.78 Å². The molecule has 116 valence electrons. The van der Waals surface area contributed by atoms with Gasteiger partial charge in [-0.15, -0.1) is 0 Å². The predicted molar refractivity (Wildman–Crippen MR) is 90.2 cm³/mol. The Labute approximate surface area is 132 Å². The van der Waals surface area contributed by atoms with Crippen molar-refractivity contribution in [1.29, 1.82) is 0 Å². The van der Waals surface area contributed by atoms with Crippen molar-refractivity contribution < 1.29 is 9.90 Å². The molecule has 2 aromatic carbocycles. The first-order valence-corrected chi connectivity index (χ1v) is 8.11. The molecule has 2 rings (SSSR count). The minimum absolute atomic E-state index is 0.0798. The van der Waals surface area contributed by atoms with Crippen LogP contribution < -0.4 is 0 Å². The molecule has 2 heteroatoms. The summed E-state index contributed by atoms with van der Waals surface area (Å²) in [6.45, 7) is 0.302. The van der Waals surface area contributed by atoms with Gasteiger partial charge in [0.05, 0.1) is 0 Å². The molecule has 0 atom stereocenters. The van der Waals surface area contributed by atoms with Gasteiger partial charge in [0, 0.05) is 17.7 Å². The molecule has 22 heavy (non-hydrogen) atoms. The number of hydrogen-bond acceptors (Lipinski definition) is 2.